The third-order valence-corrected chi connectivity index (χ3v) is 6.81. The maximum absolute atomic E-state index is 12.3. The monoisotopic (exact) mass is 461 g/mol. The van der Waals surface area contributed by atoms with Crippen molar-refractivity contribution in [3.8, 4) is 11.1 Å². The predicted octanol–water partition coefficient (Wildman–Crippen LogP) is 5.18. The Morgan fingerprint density at radius 3 is 2.58 bits per heavy atom. The molecule has 0 aliphatic heterocycles. The lowest BCUT2D eigenvalue weighted by Gasteiger charge is -2.17. The van der Waals surface area contributed by atoms with Crippen LogP contribution in [0.3, 0.4) is 0 Å². The number of imidazole rings is 1. The van der Waals surface area contributed by atoms with Crippen LogP contribution >= 0.6 is 11.3 Å². The van der Waals surface area contributed by atoms with E-state index in [0.29, 0.717) is 17.5 Å². The zero-order valence-electron chi connectivity index (χ0n) is 18.3. The molecule has 1 N–H and O–H groups in total. The summed E-state index contributed by atoms with van der Waals surface area (Å²) in [5, 5.41) is 0.407. The highest BCUT2D eigenvalue weighted by Gasteiger charge is 2.28. The summed E-state index contributed by atoms with van der Waals surface area (Å²) in [6, 6.07) is 8.13. The van der Waals surface area contributed by atoms with Crippen LogP contribution in [0.4, 0.5) is 9.80 Å². The SMILES string of the molecule is COC(=O)N(c1sc(CC(C)C)cc1-c1ccc(Cn2ccnc2C)cc1C)S(=O)O. The third kappa shape index (κ3) is 5.23. The summed E-state index contributed by atoms with van der Waals surface area (Å²) < 4.78 is 29.4. The summed E-state index contributed by atoms with van der Waals surface area (Å²) in [6.45, 7) is 8.89. The Balaban J connectivity index is 2.06. The van der Waals surface area contributed by atoms with Crippen molar-refractivity contribution in [2.45, 2.75) is 40.7 Å². The van der Waals surface area contributed by atoms with Crippen LogP contribution in [0.2, 0.25) is 0 Å². The average Bonchev–Trinajstić information content (AvgIpc) is 3.27. The zero-order chi connectivity index (χ0) is 22.7. The molecule has 0 saturated heterocycles. The number of benzene rings is 1. The number of carbonyl (C=O) groups excluding carboxylic acids is 1. The van der Waals surface area contributed by atoms with Gasteiger partial charge in [-0.2, -0.15) is 4.31 Å². The molecule has 166 valence electrons. The highest BCUT2D eigenvalue weighted by molar-refractivity contribution is 7.82. The van der Waals surface area contributed by atoms with Crippen LogP contribution in [0.5, 0.6) is 0 Å². The summed E-state index contributed by atoms with van der Waals surface area (Å²) in [7, 11) is 1.20. The van der Waals surface area contributed by atoms with Crippen molar-refractivity contribution in [1.29, 1.82) is 0 Å². The highest BCUT2D eigenvalue weighted by atomic mass is 32.2. The molecule has 0 radical (unpaired) electrons. The van der Waals surface area contributed by atoms with Gasteiger partial charge in [0.1, 0.15) is 10.8 Å². The Bertz CT molecular complexity index is 1100. The minimum absolute atomic E-state index is 0.407. The number of hydrogen-bond acceptors (Lipinski definition) is 5. The van der Waals surface area contributed by atoms with Crippen LogP contribution < -0.4 is 4.31 Å². The normalized spacial score (nSPS) is 12.2. The standard InChI is InChI=1S/C22H27N3O4S2/c1-14(2)10-18-12-20(21(30-18)25(31(27)28)22(26)29-5)19-7-6-17(11-15(19)3)13-24-9-8-23-16(24)4/h6-9,11-12,14H,10,13H2,1-5H3,(H,27,28). The lowest BCUT2D eigenvalue weighted by Crippen LogP contribution is -2.31. The number of amides is 1. The van der Waals surface area contributed by atoms with Crippen LogP contribution in [0.15, 0.2) is 36.7 Å². The van der Waals surface area contributed by atoms with E-state index in [9.17, 15) is 13.6 Å². The van der Waals surface area contributed by atoms with Gasteiger partial charge in [-0.1, -0.05) is 32.0 Å². The molecule has 0 aliphatic rings. The lowest BCUT2D eigenvalue weighted by molar-refractivity contribution is 0.183. The third-order valence-electron chi connectivity index (χ3n) is 4.91. The Hall–Kier alpha value is -2.49. The molecule has 9 heteroatoms. The number of methoxy groups -OCH3 is 1. The maximum atomic E-state index is 12.3. The molecule has 7 nitrogen and oxygen atoms in total. The number of thiophene rings is 1. The highest BCUT2D eigenvalue weighted by Crippen LogP contribution is 2.42. The minimum Gasteiger partial charge on any atom is -0.452 e. The first-order valence-electron chi connectivity index (χ1n) is 9.90. The Morgan fingerprint density at radius 1 is 1.29 bits per heavy atom. The molecule has 1 atom stereocenters. The summed E-state index contributed by atoms with van der Waals surface area (Å²) in [4.78, 5) is 17.6. The Kier molecular flexibility index (Phi) is 7.30. The minimum atomic E-state index is -2.54. The van der Waals surface area contributed by atoms with E-state index in [2.05, 4.69) is 29.5 Å². The number of rotatable bonds is 7. The van der Waals surface area contributed by atoms with Gasteiger partial charge in [-0.25, -0.2) is 14.0 Å². The second-order valence-electron chi connectivity index (χ2n) is 7.78. The van der Waals surface area contributed by atoms with E-state index in [1.54, 1.807) is 6.20 Å². The first-order chi connectivity index (χ1) is 14.7. The molecule has 31 heavy (non-hydrogen) atoms. The van der Waals surface area contributed by atoms with E-state index in [1.165, 1.54) is 18.4 Å². The number of aromatic nitrogens is 2. The Labute approximate surface area is 189 Å². The van der Waals surface area contributed by atoms with Gasteiger partial charge in [0.2, 0.25) is 0 Å². The molecule has 1 unspecified atom stereocenters. The van der Waals surface area contributed by atoms with Crippen molar-refractivity contribution in [2.24, 2.45) is 5.92 Å². The number of carbonyl (C=O) groups is 1. The molecule has 1 aromatic carbocycles. The van der Waals surface area contributed by atoms with E-state index in [-0.39, 0.29) is 0 Å². The van der Waals surface area contributed by atoms with Gasteiger partial charge in [0.15, 0.2) is 0 Å². The van der Waals surface area contributed by atoms with Gasteiger partial charge in [0.05, 0.1) is 7.11 Å². The van der Waals surface area contributed by atoms with Crippen molar-refractivity contribution >= 4 is 33.7 Å². The maximum Gasteiger partial charge on any atom is 0.428 e. The molecular weight excluding hydrogens is 434 g/mol. The molecule has 0 fully saturated rings. The van der Waals surface area contributed by atoms with E-state index in [4.69, 9.17) is 4.74 Å². The molecule has 0 saturated carbocycles. The number of anilines is 1. The molecule has 2 heterocycles. The summed E-state index contributed by atoms with van der Waals surface area (Å²) >= 11 is -1.20. The molecule has 0 spiro atoms. The van der Waals surface area contributed by atoms with Gasteiger partial charge in [0.25, 0.3) is 11.3 Å². The van der Waals surface area contributed by atoms with E-state index < -0.39 is 17.4 Å². The number of aryl methyl sites for hydroxylation is 2. The van der Waals surface area contributed by atoms with Gasteiger partial charge >= 0.3 is 6.09 Å². The van der Waals surface area contributed by atoms with Crippen LogP contribution in [0.25, 0.3) is 11.1 Å². The zero-order valence-corrected chi connectivity index (χ0v) is 19.9. The van der Waals surface area contributed by atoms with Crippen molar-refractivity contribution in [3.63, 3.8) is 0 Å². The van der Waals surface area contributed by atoms with Crippen molar-refractivity contribution in [1.82, 2.24) is 9.55 Å². The van der Waals surface area contributed by atoms with Gasteiger partial charge < -0.3 is 9.30 Å². The summed E-state index contributed by atoms with van der Waals surface area (Å²) in [5.74, 6) is 1.35. The van der Waals surface area contributed by atoms with Crippen LogP contribution in [-0.4, -0.2) is 31.5 Å². The van der Waals surface area contributed by atoms with Gasteiger partial charge in [0, 0.05) is 29.4 Å². The largest absolute Gasteiger partial charge is 0.452 e. The fourth-order valence-corrected chi connectivity index (χ4v) is 5.50. The van der Waals surface area contributed by atoms with Crippen molar-refractivity contribution < 1.29 is 18.3 Å². The second kappa shape index (κ2) is 9.76. The average molecular weight is 462 g/mol. The molecule has 0 bridgehead atoms. The molecule has 2 aromatic heterocycles. The van der Waals surface area contributed by atoms with Gasteiger partial charge in [-0.05, 0) is 48.9 Å². The predicted molar refractivity (Wildman–Crippen MR) is 125 cm³/mol. The smallest absolute Gasteiger partial charge is 0.428 e. The number of nitrogens with zero attached hydrogens (tertiary/aromatic N) is 3. The van der Waals surface area contributed by atoms with Gasteiger partial charge in [-0.15, -0.1) is 11.3 Å². The summed E-state index contributed by atoms with van der Waals surface area (Å²) in [6.07, 6.45) is 3.66. The fourth-order valence-electron chi connectivity index (χ4n) is 3.47. The molecule has 3 rings (SSSR count). The lowest BCUT2D eigenvalue weighted by atomic mass is 9.98. The molecule has 3 aromatic rings. The first-order valence-corrected chi connectivity index (χ1v) is 11.8. The number of ether oxygens (including phenoxy) is 1. The first kappa shape index (κ1) is 23.2. The summed E-state index contributed by atoms with van der Waals surface area (Å²) in [5.41, 5.74) is 3.79. The molecule has 1 amide bonds. The van der Waals surface area contributed by atoms with E-state index >= 15 is 0 Å². The van der Waals surface area contributed by atoms with Crippen molar-refractivity contribution in [3.05, 3.63) is 58.5 Å². The van der Waals surface area contributed by atoms with Gasteiger partial charge in [-0.3, -0.25) is 4.55 Å². The topological polar surface area (TPSA) is 84.7 Å². The van der Waals surface area contributed by atoms with E-state index in [1.807, 2.05) is 38.2 Å². The number of hydrogen-bond donors (Lipinski definition) is 1. The fraction of sp³-hybridized carbons (Fsp3) is 0.364. The molecule has 0 aliphatic carbocycles. The Morgan fingerprint density at radius 2 is 2.03 bits per heavy atom. The van der Waals surface area contributed by atoms with Crippen LogP contribution in [0.1, 0.15) is 35.7 Å². The van der Waals surface area contributed by atoms with Crippen molar-refractivity contribution in [2.75, 3.05) is 11.4 Å². The second-order valence-corrected chi connectivity index (χ2v) is 9.72. The molecular formula is C22H27N3O4S2. The van der Waals surface area contributed by atoms with Crippen LogP contribution in [0, 0.1) is 19.8 Å². The van der Waals surface area contributed by atoms with Crippen LogP contribution in [-0.2, 0) is 29.0 Å². The quantitative estimate of drug-likeness (QED) is 0.490. The van der Waals surface area contributed by atoms with E-state index in [0.717, 1.165) is 43.7 Å².